The molecular formula is C20H16N4O3S2. The van der Waals surface area contributed by atoms with Gasteiger partial charge in [-0.25, -0.2) is 13.4 Å². The lowest BCUT2D eigenvalue weighted by molar-refractivity contribution is -0.116. The second-order valence-electron chi connectivity index (χ2n) is 6.86. The van der Waals surface area contributed by atoms with Crippen LogP contribution in [0.5, 0.6) is 0 Å². The standard InChI is InChI=1S/C20H16N4O3S2/c1-12-16-10-15(6-7-17(16)21-19(12)25)29(26,27)23-14-4-2-13(3-5-14)18-11-24-8-9-28-20(24)22-18/h2-12,23H,1H3,(H,21,25)/t12-/m1/s1. The highest BCUT2D eigenvalue weighted by atomic mass is 32.2. The van der Waals surface area contributed by atoms with E-state index >= 15 is 0 Å². The van der Waals surface area contributed by atoms with Gasteiger partial charge in [0.2, 0.25) is 5.91 Å². The number of nitrogens with zero attached hydrogens (tertiary/aromatic N) is 2. The van der Waals surface area contributed by atoms with Gasteiger partial charge in [-0.3, -0.25) is 13.9 Å². The third-order valence-electron chi connectivity index (χ3n) is 4.98. The summed E-state index contributed by atoms with van der Waals surface area (Å²) in [5.41, 5.74) is 3.53. The van der Waals surface area contributed by atoms with Crippen molar-refractivity contribution in [3.05, 3.63) is 65.8 Å². The molecule has 2 aromatic carbocycles. The summed E-state index contributed by atoms with van der Waals surface area (Å²) >= 11 is 1.55. The smallest absolute Gasteiger partial charge is 0.261 e. The van der Waals surface area contributed by atoms with Crippen LogP contribution in [-0.4, -0.2) is 23.7 Å². The molecule has 0 radical (unpaired) electrons. The molecule has 5 rings (SSSR count). The van der Waals surface area contributed by atoms with Gasteiger partial charge in [0, 0.05) is 34.7 Å². The monoisotopic (exact) mass is 424 g/mol. The number of amides is 1. The molecule has 29 heavy (non-hydrogen) atoms. The SMILES string of the molecule is C[C@H]1C(=O)Nc2ccc(S(=O)(=O)Nc3ccc(-c4cn5ccsc5n4)cc3)cc21. The molecule has 7 nitrogen and oxygen atoms in total. The molecule has 0 unspecified atom stereocenters. The quantitative estimate of drug-likeness (QED) is 0.519. The second-order valence-corrected chi connectivity index (χ2v) is 9.42. The Morgan fingerprint density at radius 2 is 1.97 bits per heavy atom. The maximum Gasteiger partial charge on any atom is 0.261 e. The average molecular weight is 425 g/mol. The van der Waals surface area contributed by atoms with Crippen LogP contribution in [0, 0.1) is 0 Å². The number of sulfonamides is 1. The van der Waals surface area contributed by atoms with E-state index in [1.165, 1.54) is 6.07 Å². The number of carbonyl (C=O) groups is 1. The maximum absolute atomic E-state index is 12.8. The van der Waals surface area contributed by atoms with E-state index in [-0.39, 0.29) is 16.7 Å². The third kappa shape index (κ3) is 3.08. The van der Waals surface area contributed by atoms with Crippen molar-refractivity contribution >= 4 is 43.6 Å². The van der Waals surface area contributed by atoms with Crippen LogP contribution < -0.4 is 10.0 Å². The van der Waals surface area contributed by atoms with E-state index in [0.717, 1.165) is 16.2 Å². The highest BCUT2D eigenvalue weighted by Gasteiger charge is 2.28. The molecule has 2 N–H and O–H groups in total. The number of imidazole rings is 1. The first kappa shape index (κ1) is 17.9. The van der Waals surface area contributed by atoms with Crippen LogP contribution in [0.3, 0.4) is 0 Å². The second kappa shape index (κ2) is 6.43. The number of rotatable bonds is 4. The molecule has 1 atom stereocenters. The molecule has 1 aliphatic heterocycles. The van der Waals surface area contributed by atoms with Crippen molar-refractivity contribution in [3.8, 4) is 11.3 Å². The third-order valence-corrected chi connectivity index (χ3v) is 7.13. The van der Waals surface area contributed by atoms with Crippen molar-refractivity contribution in [1.82, 2.24) is 9.38 Å². The number of hydrogen-bond acceptors (Lipinski definition) is 5. The Kier molecular flexibility index (Phi) is 3.97. The Balaban J connectivity index is 1.39. The molecule has 9 heteroatoms. The number of hydrogen-bond donors (Lipinski definition) is 2. The van der Waals surface area contributed by atoms with E-state index in [1.807, 2.05) is 34.3 Å². The van der Waals surface area contributed by atoms with Crippen LogP contribution in [-0.2, 0) is 14.8 Å². The lowest BCUT2D eigenvalue weighted by atomic mass is 10.0. The number of benzene rings is 2. The minimum absolute atomic E-state index is 0.123. The van der Waals surface area contributed by atoms with Gasteiger partial charge in [-0.1, -0.05) is 12.1 Å². The van der Waals surface area contributed by atoms with Gasteiger partial charge in [0.15, 0.2) is 4.96 Å². The average Bonchev–Trinajstić information content (AvgIpc) is 3.36. The van der Waals surface area contributed by atoms with E-state index < -0.39 is 10.0 Å². The lowest BCUT2D eigenvalue weighted by Gasteiger charge is -2.10. The number of fused-ring (bicyclic) bond motifs is 2. The van der Waals surface area contributed by atoms with Crippen molar-refractivity contribution in [1.29, 1.82) is 0 Å². The highest BCUT2D eigenvalue weighted by molar-refractivity contribution is 7.92. The van der Waals surface area contributed by atoms with Crippen molar-refractivity contribution in [2.24, 2.45) is 0 Å². The molecule has 0 fully saturated rings. The molecule has 146 valence electrons. The lowest BCUT2D eigenvalue weighted by Crippen LogP contribution is -2.13. The van der Waals surface area contributed by atoms with Crippen LogP contribution in [0.15, 0.2) is 65.1 Å². The predicted octanol–water partition coefficient (Wildman–Crippen LogP) is 3.92. The fraction of sp³-hybridized carbons (Fsp3) is 0.100. The van der Waals surface area contributed by atoms with E-state index in [1.54, 1.807) is 42.5 Å². The molecule has 0 aliphatic carbocycles. The van der Waals surface area contributed by atoms with Crippen molar-refractivity contribution in [2.45, 2.75) is 17.7 Å². The number of anilines is 2. The molecular weight excluding hydrogens is 408 g/mol. The highest BCUT2D eigenvalue weighted by Crippen LogP contribution is 2.34. The van der Waals surface area contributed by atoms with Crippen molar-refractivity contribution < 1.29 is 13.2 Å². The molecule has 0 bridgehead atoms. The Bertz CT molecular complexity index is 1330. The summed E-state index contributed by atoms with van der Waals surface area (Å²) < 4.78 is 30.1. The van der Waals surface area contributed by atoms with Crippen molar-refractivity contribution in [3.63, 3.8) is 0 Å². The molecule has 0 saturated carbocycles. The minimum atomic E-state index is -3.77. The Morgan fingerprint density at radius 1 is 1.17 bits per heavy atom. The van der Waals surface area contributed by atoms with Crippen LogP contribution in [0.4, 0.5) is 11.4 Å². The summed E-state index contributed by atoms with van der Waals surface area (Å²) in [5.74, 6) is -0.499. The fourth-order valence-electron chi connectivity index (χ4n) is 3.35. The first-order valence-corrected chi connectivity index (χ1v) is 11.3. The molecule has 1 aliphatic rings. The van der Waals surface area contributed by atoms with Gasteiger partial charge in [0.25, 0.3) is 10.0 Å². The van der Waals surface area contributed by atoms with Gasteiger partial charge in [0.1, 0.15) is 0 Å². The molecule has 3 heterocycles. The first-order valence-electron chi connectivity index (χ1n) is 8.91. The predicted molar refractivity (Wildman–Crippen MR) is 113 cm³/mol. The van der Waals surface area contributed by atoms with Crippen LogP contribution in [0.1, 0.15) is 18.4 Å². The van der Waals surface area contributed by atoms with E-state index in [9.17, 15) is 13.2 Å². The number of carbonyl (C=O) groups excluding carboxylic acids is 1. The topological polar surface area (TPSA) is 92.6 Å². The number of nitrogens with one attached hydrogen (secondary N) is 2. The molecule has 4 aromatic rings. The van der Waals surface area contributed by atoms with Gasteiger partial charge in [-0.2, -0.15) is 0 Å². The zero-order chi connectivity index (χ0) is 20.2. The zero-order valence-electron chi connectivity index (χ0n) is 15.3. The van der Waals surface area contributed by atoms with Crippen LogP contribution in [0.2, 0.25) is 0 Å². The van der Waals surface area contributed by atoms with Gasteiger partial charge >= 0.3 is 0 Å². The minimum Gasteiger partial charge on any atom is -0.325 e. The van der Waals surface area contributed by atoms with Crippen molar-refractivity contribution in [2.75, 3.05) is 10.0 Å². The molecule has 0 saturated heterocycles. The Morgan fingerprint density at radius 3 is 2.72 bits per heavy atom. The normalized spacial score (nSPS) is 16.0. The van der Waals surface area contributed by atoms with Gasteiger partial charge in [-0.05, 0) is 42.8 Å². The maximum atomic E-state index is 12.8. The molecule has 0 spiro atoms. The van der Waals surface area contributed by atoms with Crippen LogP contribution >= 0.6 is 11.3 Å². The summed E-state index contributed by atoms with van der Waals surface area (Å²) in [6, 6.07) is 11.7. The summed E-state index contributed by atoms with van der Waals surface area (Å²) in [5, 5.41) is 4.71. The molecule has 1 amide bonds. The number of thiazole rings is 1. The summed E-state index contributed by atoms with van der Waals surface area (Å²) in [6.07, 6.45) is 3.88. The zero-order valence-corrected chi connectivity index (χ0v) is 16.9. The molecule has 2 aromatic heterocycles. The van der Waals surface area contributed by atoms with Gasteiger partial charge in [-0.15, -0.1) is 11.3 Å². The van der Waals surface area contributed by atoms with E-state index in [4.69, 9.17) is 0 Å². The van der Waals surface area contributed by atoms with Gasteiger partial charge in [0.05, 0.1) is 16.5 Å². The largest absolute Gasteiger partial charge is 0.325 e. The fourth-order valence-corrected chi connectivity index (χ4v) is 5.15. The van der Waals surface area contributed by atoms with E-state index in [0.29, 0.717) is 16.9 Å². The Labute approximate surface area is 171 Å². The summed E-state index contributed by atoms with van der Waals surface area (Å²) in [6.45, 7) is 1.75. The Hall–Kier alpha value is -3.17. The first-order chi connectivity index (χ1) is 13.9. The number of aromatic nitrogens is 2. The summed E-state index contributed by atoms with van der Waals surface area (Å²) in [4.78, 5) is 17.4. The van der Waals surface area contributed by atoms with Crippen LogP contribution in [0.25, 0.3) is 16.2 Å². The van der Waals surface area contributed by atoms with E-state index in [2.05, 4.69) is 15.0 Å². The summed E-state index contributed by atoms with van der Waals surface area (Å²) in [7, 11) is -3.77. The van der Waals surface area contributed by atoms with Gasteiger partial charge < -0.3 is 5.32 Å².